The van der Waals surface area contributed by atoms with Crippen molar-refractivity contribution >= 4 is 16.7 Å². The summed E-state index contributed by atoms with van der Waals surface area (Å²) >= 11 is 0. The lowest BCUT2D eigenvalue weighted by Gasteiger charge is -2.14. The lowest BCUT2D eigenvalue weighted by atomic mass is 9.91. The molecule has 0 spiro atoms. The molecule has 2 heteroatoms. The molecule has 2 nitrogen and oxygen atoms in total. The third kappa shape index (κ3) is 4.55. The smallest absolute Gasteiger partial charge is 0.305 e. The Morgan fingerprint density at radius 2 is 1.52 bits per heavy atom. The molecule has 0 atom stereocenters. The number of benzene rings is 4. The van der Waals surface area contributed by atoms with Crippen molar-refractivity contribution in [1.29, 1.82) is 0 Å². The first kappa shape index (κ1) is 18.9. The maximum absolute atomic E-state index is 11.6. The van der Waals surface area contributed by atoms with Gasteiger partial charge >= 0.3 is 5.97 Å². The van der Waals surface area contributed by atoms with Crippen LogP contribution in [0.2, 0.25) is 0 Å². The molecule has 0 amide bonds. The lowest BCUT2D eigenvalue weighted by molar-refractivity contribution is -0.140. The van der Waals surface area contributed by atoms with Gasteiger partial charge in [0.25, 0.3) is 0 Å². The van der Waals surface area contributed by atoms with Crippen LogP contribution in [0.3, 0.4) is 0 Å². The highest BCUT2D eigenvalue weighted by atomic mass is 16.5. The zero-order chi connectivity index (χ0) is 20.1. The second-order valence-corrected chi connectivity index (χ2v) is 7.29. The fourth-order valence-corrected chi connectivity index (χ4v) is 3.72. The monoisotopic (exact) mass is 380 g/mol. The predicted octanol–water partition coefficient (Wildman–Crippen LogP) is 6.20. The third-order valence-electron chi connectivity index (χ3n) is 5.32. The van der Waals surface area contributed by atoms with E-state index in [4.69, 9.17) is 4.74 Å². The number of aryl methyl sites for hydroxylation is 1. The number of hydrogen-bond acceptors (Lipinski definition) is 2. The molecule has 0 saturated heterocycles. The van der Waals surface area contributed by atoms with Crippen molar-refractivity contribution in [2.24, 2.45) is 0 Å². The zero-order valence-corrected chi connectivity index (χ0v) is 16.6. The van der Waals surface area contributed by atoms with Crippen molar-refractivity contribution in [1.82, 2.24) is 0 Å². The van der Waals surface area contributed by atoms with Crippen LogP contribution >= 0.6 is 0 Å². The van der Waals surface area contributed by atoms with Gasteiger partial charge in [-0.05, 0) is 57.5 Å². The molecule has 0 unspecified atom stereocenters. The fourth-order valence-electron chi connectivity index (χ4n) is 3.72. The van der Waals surface area contributed by atoms with Crippen molar-refractivity contribution in [2.45, 2.75) is 19.3 Å². The quantitative estimate of drug-likeness (QED) is 0.372. The van der Waals surface area contributed by atoms with Gasteiger partial charge in [-0.1, -0.05) is 84.9 Å². The summed E-state index contributed by atoms with van der Waals surface area (Å²) < 4.78 is 4.80. The Bertz CT molecular complexity index is 1130. The highest BCUT2D eigenvalue weighted by Crippen LogP contribution is 2.30. The number of esters is 1. The summed E-state index contributed by atoms with van der Waals surface area (Å²) in [5.74, 6) is -0.175. The number of carbonyl (C=O) groups is 1. The molecule has 0 heterocycles. The molecule has 0 saturated carbocycles. The predicted molar refractivity (Wildman–Crippen MR) is 119 cm³/mol. The van der Waals surface area contributed by atoms with E-state index in [1.807, 2.05) is 6.07 Å². The van der Waals surface area contributed by atoms with Crippen LogP contribution in [-0.4, -0.2) is 13.1 Å². The van der Waals surface area contributed by atoms with Crippen molar-refractivity contribution in [3.8, 4) is 11.1 Å². The normalized spacial score (nSPS) is 10.8. The highest BCUT2D eigenvalue weighted by molar-refractivity contribution is 5.88. The van der Waals surface area contributed by atoms with E-state index in [1.54, 1.807) is 0 Å². The van der Waals surface area contributed by atoms with Gasteiger partial charge in [-0.2, -0.15) is 0 Å². The first-order valence-electron chi connectivity index (χ1n) is 9.94. The van der Waals surface area contributed by atoms with Crippen molar-refractivity contribution in [2.75, 3.05) is 7.11 Å². The molecule has 0 fully saturated rings. The number of methoxy groups -OCH3 is 1. The van der Waals surface area contributed by atoms with Crippen LogP contribution in [0, 0.1) is 0 Å². The molecule has 0 aliphatic heterocycles. The summed E-state index contributed by atoms with van der Waals surface area (Å²) in [5.41, 5.74) is 6.15. The Balaban J connectivity index is 1.74. The van der Waals surface area contributed by atoms with Crippen LogP contribution in [0.15, 0.2) is 91.0 Å². The number of carbonyl (C=O) groups excluding carboxylic acids is 1. The van der Waals surface area contributed by atoms with E-state index in [2.05, 4.69) is 84.9 Å². The van der Waals surface area contributed by atoms with Gasteiger partial charge in [0.15, 0.2) is 0 Å². The molecule has 0 aliphatic carbocycles. The molecule has 0 bridgehead atoms. The van der Waals surface area contributed by atoms with Crippen LogP contribution in [0.25, 0.3) is 21.9 Å². The van der Waals surface area contributed by atoms with E-state index in [1.165, 1.54) is 40.1 Å². The summed E-state index contributed by atoms with van der Waals surface area (Å²) in [7, 11) is 1.44. The molecule has 144 valence electrons. The maximum atomic E-state index is 11.6. The van der Waals surface area contributed by atoms with Gasteiger partial charge in [0.05, 0.1) is 7.11 Å². The average Bonchev–Trinajstić information content (AvgIpc) is 2.78. The summed E-state index contributed by atoms with van der Waals surface area (Å²) in [6, 6.07) is 32.1. The maximum Gasteiger partial charge on any atom is 0.305 e. The molecule has 0 radical (unpaired) electrons. The van der Waals surface area contributed by atoms with Gasteiger partial charge in [-0.25, -0.2) is 0 Å². The first-order chi connectivity index (χ1) is 14.2. The SMILES string of the molecule is COC(=O)CCc1ccc(Cc2ccccc2)c(-c2ccc3ccccc3c2)c1. The Morgan fingerprint density at radius 1 is 0.759 bits per heavy atom. The van der Waals surface area contributed by atoms with Crippen LogP contribution in [0.4, 0.5) is 0 Å². The van der Waals surface area contributed by atoms with E-state index < -0.39 is 0 Å². The highest BCUT2D eigenvalue weighted by Gasteiger charge is 2.10. The molecule has 4 rings (SSSR count). The Hall–Kier alpha value is -3.39. The first-order valence-corrected chi connectivity index (χ1v) is 9.94. The lowest BCUT2D eigenvalue weighted by Crippen LogP contribution is -2.02. The Kier molecular flexibility index (Phi) is 5.71. The summed E-state index contributed by atoms with van der Waals surface area (Å²) in [6.45, 7) is 0. The van der Waals surface area contributed by atoms with Crippen LogP contribution in [0.5, 0.6) is 0 Å². The molecule has 29 heavy (non-hydrogen) atoms. The van der Waals surface area contributed by atoms with Gasteiger partial charge in [-0.3, -0.25) is 4.79 Å². The minimum atomic E-state index is -0.175. The van der Waals surface area contributed by atoms with Gasteiger partial charge in [0.2, 0.25) is 0 Å². The molecule has 0 aliphatic rings. The van der Waals surface area contributed by atoms with Crippen LogP contribution in [0.1, 0.15) is 23.1 Å². The third-order valence-corrected chi connectivity index (χ3v) is 5.32. The van der Waals surface area contributed by atoms with E-state index >= 15 is 0 Å². The number of rotatable bonds is 6. The Morgan fingerprint density at radius 3 is 2.31 bits per heavy atom. The molecular weight excluding hydrogens is 356 g/mol. The Labute approximate surface area is 171 Å². The van der Waals surface area contributed by atoms with Crippen LogP contribution in [-0.2, 0) is 22.4 Å². The van der Waals surface area contributed by atoms with E-state index in [9.17, 15) is 4.79 Å². The van der Waals surface area contributed by atoms with Gasteiger partial charge < -0.3 is 4.74 Å². The minimum absolute atomic E-state index is 0.175. The van der Waals surface area contributed by atoms with Gasteiger partial charge in [0.1, 0.15) is 0 Å². The number of hydrogen-bond donors (Lipinski definition) is 0. The van der Waals surface area contributed by atoms with E-state index in [0.717, 1.165) is 12.0 Å². The summed E-state index contributed by atoms with van der Waals surface area (Å²) in [6.07, 6.45) is 1.95. The summed E-state index contributed by atoms with van der Waals surface area (Å²) in [4.78, 5) is 11.6. The standard InChI is InChI=1S/C27H24O2/c1-29-27(28)16-12-21-11-13-24(17-20-7-3-2-4-8-20)26(18-21)25-15-14-22-9-5-6-10-23(22)19-25/h2-11,13-15,18-19H,12,16-17H2,1H3. The van der Waals surface area contributed by atoms with Crippen molar-refractivity contribution in [3.63, 3.8) is 0 Å². The topological polar surface area (TPSA) is 26.3 Å². The number of fused-ring (bicyclic) bond motifs is 1. The van der Waals surface area contributed by atoms with Crippen molar-refractivity contribution < 1.29 is 9.53 Å². The number of ether oxygens (including phenoxy) is 1. The van der Waals surface area contributed by atoms with Crippen LogP contribution < -0.4 is 0 Å². The molecule has 0 N–H and O–H groups in total. The van der Waals surface area contributed by atoms with Crippen molar-refractivity contribution in [3.05, 3.63) is 108 Å². The zero-order valence-electron chi connectivity index (χ0n) is 16.6. The molecule has 4 aromatic carbocycles. The largest absolute Gasteiger partial charge is 0.469 e. The van der Waals surface area contributed by atoms with Gasteiger partial charge in [-0.15, -0.1) is 0 Å². The summed E-state index contributed by atoms with van der Waals surface area (Å²) in [5, 5.41) is 2.47. The molecular formula is C27H24O2. The van der Waals surface area contributed by atoms with E-state index in [0.29, 0.717) is 12.8 Å². The van der Waals surface area contributed by atoms with E-state index in [-0.39, 0.29) is 5.97 Å². The average molecular weight is 380 g/mol. The fraction of sp³-hybridized carbons (Fsp3) is 0.148. The molecule has 0 aromatic heterocycles. The minimum Gasteiger partial charge on any atom is -0.469 e. The van der Waals surface area contributed by atoms with Gasteiger partial charge in [0, 0.05) is 6.42 Å². The molecule has 4 aromatic rings. The second-order valence-electron chi connectivity index (χ2n) is 7.29. The second kappa shape index (κ2) is 8.74.